The zero-order valence-corrected chi connectivity index (χ0v) is 14.5. The van der Waals surface area contributed by atoms with Gasteiger partial charge in [0.1, 0.15) is 17.7 Å². The number of phenols is 1. The predicted molar refractivity (Wildman–Crippen MR) is 103 cm³/mol. The third-order valence-electron chi connectivity index (χ3n) is 5.14. The van der Waals surface area contributed by atoms with Gasteiger partial charge < -0.3 is 15.0 Å². The highest BCUT2D eigenvalue weighted by Crippen LogP contribution is 2.42. The van der Waals surface area contributed by atoms with Gasteiger partial charge in [0.25, 0.3) is 0 Å². The molecule has 132 valence electrons. The Morgan fingerprint density at radius 3 is 2.67 bits per heavy atom. The van der Waals surface area contributed by atoms with Crippen molar-refractivity contribution < 1.29 is 9.90 Å². The monoisotopic (exact) mass is 356 g/mol. The number of hydrogen-bond donors (Lipinski definition) is 2. The second kappa shape index (κ2) is 5.67. The minimum atomic E-state index is -0.526. The first-order valence-corrected chi connectivity index (χ1v) is 8.63. The molecule has 0 spiro atoms. The standard InChI is InChI=1S/C21H16N4O2/c1-25-16-5-3-2-4-14(16)19-18-15(10-22-20(18)24-11-23-19)17(21(25)27)12-6-8-13(26)9-7-12/h2-11,17,26H,1H3,(H,22,23,24). The minimum absolute atomic E-state index is 0.0523. The van der Waals surface area contributed by atoms with Crippen LogP contribution in [-0.2, 0) is 4.79 Å². The number of para-hydroxylation sites is 1. The van der Waals surface area contributed by atoms with E-state index in [1.54, 1.807) is 36.2 Å². The molecule has 0 aliphatic carbocycles. The number of aromatic nitrogens is 3. The van der Waals surface area contributed by atoms with Gasteiger partial charge in [0.15, 0.2) is 0 Å². The van der Waals surface area contributed by atoms with Gasteiger partial charge in [-0.2, -0.15) is 0 Å². The van der Waals surface area contributed by atoms with Crippen LogP contribution in [0.15, 0.2) is 61.1 Å². The van der Waals surface area contributed by atoms with E-state index in [4.69, 9.17) is 0 Å². The Morgan fingerprint density at radius 2 is 1.85 bits per heavy atom. The number of carbonyl (C=O) groups excluding carboxylic acids is 1. The minimum Gasteiger partial charge on any atom is -0.508 e. The average molecular weight is 356 g/mol. The van der Waals surface area contributed by atoms with Crippen molar-refractivity contribution >= 4 is 22.6 Å². The largest absolute Gasteiger partial charge is 0.508 e. The van der Waals surface area contributed by atoms with Crippen molar-refractivity contribution in [3.8, 4) is 17.0 Å². The number of aromatic hydroxyl groups is 1. The number of nitrogens with one attached hydrogen (secondary N) is 1. The number of phenolic OH excluding ortho intramolecular Hbond substituents is 1. The molecular weight excluding hydrogens is 340 g/mol. The number of rotatable bonds is 1. The highest BCUT2D eigenvalue weighted by molar-refractivity contribution is 6.10. The molecule has 0 saturated carbocycles. The van der Waals surface area contributed by atoms with Crippen LogP contribution in [0.4, 0.5) is 5.69 Å². The molecule has 0 fully saturated rings. The summed E-state index contributed by atoms with van der Waals surface area (Å²) in [5.41, 5.74) is 4.84. The fourth-order valence-corrected chi connectivity index (χ4v) is 3.82. The summed E-state index contributed by atoms with van der Waals surface area (Å²) in [6.45, 7) is 0. The first-order chi connectivity index (χ1) is 13.1. The molecule has 1 amide bonds. The Balaban J connectivity index is 1.88. The van der Waals surface area contributed by atoms with Crippen LogP contribution < -0.4 is 4.90 Å². The SMILES string of the molecule is CN1C(=O)C(c2ccc(O)cc2)c2c[nH]c3ncnc(c23)-c2ccccc21. The lowest BCUT2D eigenvalue weighted by Crippen LogP contribution is -2.33. The molecular formula is C21H16N4O2. The van der Waals surface area contributed by atoms with Gasteiger partial charge in [-0.05, 0) is 29.3 Å². The molecule has 1 aliphatic heterocycles. The highest BCUT2D eigenvalue weighted by atomic mass is 16.3. The van der Waals surface area contributed by atoms with Gasteiger partial charge in [-0.25, -0.2) is 9.97 Å². The number of H-pyrrole nitrogens is 1. The van der Waals surface area contributed by atoms with Crippen molar-refractivity contribution in [1.82, 2.24) is 15.0 Å². The summed E-state index contributed by atoms with van der Waals surface area (Å²) >= 11 is 0. The summed E-state index contributed by atoms with van der Waals surface area (Å²) in [5, 5.41) is 10.5. The maximum Gasteiger partial charge on any atom is 0.238 e. The van der Waals surface area contributed by atoms with Gasteiger partial charge >= 0.3 is 0 Å². The van der Waals surface area contributed by atoms with Crippen LogP contribution in [0.25, 0.3) is 22.3 Å². The number of hydrogen-bond acceptors (Lipinski definition) is 4. The van der Waals surface area contributed by atoms with E-state index in [-0.39, 0.29) is 11.7 Å². The molecule has 2 aromatic carbocycles. The van der Waals surface area contributed by atoms with Crippen LogP contribution in [0.5, 0.6) is 5.75 Å². The van der Waals surface area contributed by atoms with Crippen LogP contribution in [0, 0.1) is 0 Å². The zero-order chi connectivity index (χ0) is 18.5. The van der Waals surface area contributed by atoms with Crippen molar-refractivity contribution in [1.29, 1.82) is 0 Å². The van der Waals surface area contributed by atoms with Crippen LogP contribution in [-0.4, -0.2) is 33.0 Å². The van der Waals surface area contributed by atoms with Crippen molar-refractivity contribution in [3.63, 3.8) is 0 Å². The van der Waals surface area contributed by atoms with Crippen LogP contribution in [0.1, 0.15) is 17.0 Å². The van der Waals surface area contributed by atoms with Gasteiger partial charge in [0, 0.05) is 24.2 Å². The molecule has 0 radical (unpaired) electrons. The molecule has 6 heteroatoms. The van der Waals surface area contributed by atoms with Gasteiger partial charge in [-0.15, -0.1) is 0 Å². The third kappa shape index (κ3) is 2.23. The lowest BCUT2D eigenvalue weighted by atomic mass is 9.87. The smallest absolute Gasteiger partial charge is 0.238 e. The van der Waals surface area contributed by atoms with Crippen molar-refractivity contribution in [2.75, 3.05) is 11.9 Å². The quantitative estimate of drug-likeness (QED) is 0.547. The van der Waals surface area contributed by atoms with Crippen LogP contribution in [0.3, 0.4) is 0 Å². The molecule has 3 heterocycles. The van der Waals surface area contributed by atoms with Crippen LogP contribution >= 0.6 is 0 Å². The molecule has 5 rings (SSSR count). The molecule has 0 saturated heterocycles. The molecule has 1 aliphatic rings. The van der Waals surface area contributed by atoms with E-state index in [2.05, 4.69) is 15.0 Å². The van der Waals surface area contributed by atoms with Crippen molar-refractivity contribution in [3.05, 3.63) is 72.2 Å². The van der Waals surface area contributed by atoms with Crippen molar-refractivity contribution in [2.24, 2.45) is 0 Å². The molecule has 4 aromatic rings. The van der Waals surface area contributed by atoms with E-state index in [0.717, 1.165) is 33.5 Å². The Labute approximate surface area is 155 Å². The number of fused-ring (bicyclic) bond motifs is 2. The number of amides is 1. The average Bonchev–Trinajstić information content (AvgIpc) is 3.12. The second-order valence-electron chi connectivity index (χ2n) is 6.63. The first kappa shape index (κ1) is 15.6. The van der Waals surface area contributed by atoms with Crippen LogP contribution in [0.2, 0.25) is 0 Å². The predicted octanol–water partition coefficient (Wildman–Crippen LogP) is 3.44. The lowest BCUT2D eigenvalue weighted by molar-refractivity contribution is -0.118. The Kier molecular flexibility index (Phi) is 3.27. The summed E-state index contributed by atoms with van der Waals surface area (Å²) in [4.78, 5) is 27.3. The molecule has 27 heavy (non-hydrogen) atoms. The maximum atomic E-state index is 13.5. The molecule has 2 N–H and O–H groups in total. The molecule has 2 aromatic heterocycles. The molecule has 1 atom stereocenters. The zero-order valence-electron chi connectivity index (χ0n) is 14.5. The van der Waals surface area contributed by atoms with Gasteiger partial charge in [-0.1, -0.05) is 30.3 Å². The molecule has 0 bridgehead atoms. The second-order valence-corrected chi connectivity index (χ2v) is 6.63. The maximum absolute atomic E-state index is 13.5. The fourth-order valence-electron chi connectivity index (χ4n) is 3.82. The molecule has 1 unspecified atom stereocenters. The number of benzene rings is 2. The number of anilines is 1. The van der Waals surface area contributed by atoms with Gasteiger partial charge in [-0.3, -0.25) is 4.79 Å². The summed E-state index contributed by atoms with van der Waals surface area (Å²) < 4.78 is 0. The lowest BCUT2D eigenvalue weighted by Gasteiger charge is -2.28. The summed E-state index contributed by atoms with van der Waals surface area (Å²) in [7, 11) is 1.78. The molecule has 6 nitrogen and oxygen atoms in total. The van der Waals surface area contributed by atoms with E-state index in [1.807, 2.05) is 30.5 Å². The van der Waals surface area contributed by atoms with E-state index in [9.17, 15) is 9.90 Å². The fraction of sp³-hybridized carbons (Fsp3) is 0.0952. The van der Waals surface area contributed by atoms with Gasteiger partial charge in [0.05, 0.1) is 17.3 Å². The topological polar surface area (TPSA) is 82.1 Å². The van der Waals surface area contributed by atoms with E-state index in [0.29, 0.717) is 5.65 Å². The third-order valence-corrected chi connectivity index (χ3v) is 5.14. The normalized spacial score (nSPS) is 16.1. The Hall–Kier alpha value is -3.67. The Bertz CT molecular complexity index is 1180. The number of aromatic amines is 1. The number of nitrogens with zero attached hydrogens (tertiary/aromatic N) is 3. The summed E-state index contributed by atoms with van der Waals surface area (Å²) in [6, 6.07) is 14.5. The summed E-state index contributed by atoms with van der Waals surface area (Å²) in [6.07, 6.45) is 3.37. The number of carbonyl (C=O) groups is 1. The number of likely N-dealkylation sites (N-methyl/N-ethyl adjacent to an activating group) is 1. The summed E-state index contributed by atoms with van der Waals surface area (Å²) in [5.74, 6) is -0.412. The Morgan fingerprint density at radius 1 is 1.07 bits per heavy atom. The van der Waals surface area contributed by atoms with E-state index < -0.39 is 5.92 Å². The highest BCUT2D eigenvalue weighted by Gasteiger charge is 2.33. The van der Waals surface area contributed by atoms with Crippen molar-refractivity contribution in [2.45, 2.75) is 5.92 Å². The van der Waals surface area contributed by atoms with Gasteiger partial charge in [0.2, 0.25) is 5.91 Å². The van der Waals surface area contributed by atoms with E-state index in [1.165, 1.54) is 6.33 Å². The van der Waals surface area contributed by atoms with E-state index >= 15 is 0 Å². The first-order valence-electron chi connectivity index (χ1n) is 8.63.